The summed E-state index contributed by atoms with van der Waals surface area (Å²) in [5.74, 6) is 1.07. The molecule has 1 saturated heterocycles. The Kier molecular flexibility index (Phi) is 3.84. The second-order valence-electron chi connectivity index (χ2n) is 7.77. The van der Waals surface area contributed by atoms with E-state index in [9.17, 15) is 4.79 Å². The first-order chi connectivity index (χ1) is 12.7. The maximum Gasteiger partial charge on any atom is 0.238 e. The van der Waals surface area contributed by atoms with Gasteiger partial charge in [-0.15, -0.1) is 0 Å². The van der Waals surface area contributed by atoms with Crippen molar-refractivity contribution in [1.29, 1.82) is 0 Å². The topological polar surface area (TPSA) is 29.5 Å². The Bertz CT molecular complexity index is 843. The van der Waals surface area contributed by atoms with Gasteiger partial charge < -0.3 is 9.64 Å². The number of ether oxygens (including phenoxy) is 1. The normalized spacial score (nSPS) is 27.8. The highest BCUT2D eigenvalue weighted by atomic mass is 35.5. The molecule has 26 heavy (non-hydrogen) atoms. The molecular formula is C22H22ClNO2. The Hall–Kier alpha value is -1.84. The monoisotopic (exact) mass is 367 g/mol. The van der Waals surface area contributed by atoms with Gasteiger partial charge in [0.2, 0.25) is 5.91 Å². The largest absolute Gasteiger partial charge is 0.381 e. The van der Waals surface area contributed by atoms with E-state index in [2.05, 4.69) is 35.2 Å². The number of anilines is 1. The first-order valence-corrected chi connectivity index (χ1v) is 9.82. The third-order valence-electron chi connectivity index (χ3n) is 6.32. The summed E-state index contributed by atoms with van der Waals surface area (Å²) < 4.78 is 5.48. The Balaban J connectivity index is 1.48. The highest BCUT2D eigenvalue weighted by molar-refractivity contribution is 6.30. The molecule has 2 heterocycles. The quantitative estimate of drug-likeness (QED) is 0.797. The van der Waals surface area contributed by atoms with Crippen molar-refractivity contribution in [2.24, 2.45) is 5.92 Å². The van der Waals surface area contributed by atoms with Crippen molar-refractivity contribution in [2.45, 2.75) is 30.6 Å². The van der Waals surface area contributed by atoms with Crippen LogP contribution in [-0.4, -0.2) is 25.7 Å². The molecule has 2 fully saturated rings. The fraction of sp³-hybridized carbons (Fsp3) is 0.409. The van der Waals surface area contributed by atoms with E-state index >= 15 is 0 Å². The van der Waals surface area contributed by atoms with E-state index in [1.807, 2.05) is 18.2 Å². The zero-order chi connectivity index (χ0) is 17.7. The SMILES string of the molecule is O=C1N(CC2CCOCC2)c2ccccc2[C@@]12CC2c1ccc(Cl)cc1. The van der Waals surface area contributed by atoms with Crippen molar-refractivity contribution in [1.82, 2.24) is 0 Å². The summed E-state index contributed by atoms with van der Waals surface area (Å²) in [6.07, 6.45) is 2.98. The highest BCUT2D eigenvalue weighted by Crippen LogP contribution is 2.66. The van der Waals surface area contributed by atoms with E-state index in [4.69, 9.17) is 16.3 Å². The molecule has 1 saturated carbocycles. The summed E-state index contributed by atoms with van der Waals surface area (Å²) in [5, 5.41) is 0.739. The predicted octanol–water partition coefficient (Wildman–Crippen LogP) is 4.54. The van der Waals surface area contributed by atoms with E-state index in [0.29, 0.717) is 5.92 Å². The predicted molar refractivity (Wildman–Crippen MR) is 103 cm³/mol. The van der Waals surface area contributed by atoms with Gasteiger partial charge in [0.1, 0.15) is 0 Å². The van der Waals surface area contributed by atoms with Crippen LogP contribution in [-0.2, 0) is 14.9 Å². The molecule has 4 heteroatoms. The number of hydrogen-bond donors (Lipinski definition) is 0. The molecule has 5 rings (SSSR count). The van der Waals surface area contributed by atoms with Gasteiger partial charge in [-0.1, -0.05) is 41.9 Å². The number of nitrogens with zero attached hydrogens (tertiary/aromatic N) is 1. The van der Waals surface area contributed by atoms with Crippen LogP contribution in [0.25, 0.3) is 0 Å². The van der Waals surface area contributed by atoms with Crippen LogP contribution in [0.5, 0.6) is 0 Å². The van der Waals surface area contributed by atoms with Crippen molar-refractivity contribution in [3.05, 3.63) is 64.7 Å². The number of hydrogen-bond acceptors (Lipinski definition) is 2. The molecule has 0 bridgehead atoms. The minimum atomic E-state index is -0.365. The second-order valence-corrected chi connectivity index (χ2v) is 8.20. The molecule has 2 aromatic rings. The average Bonchev–Trinajstić information content (AvgIpc) is 3.39. The lowest BCUT2D eigenvalue weighted by Crippen LogP contribution is -2.38. The number of para-hydroxylation sites is 1. The number of amides is 1. The molecule has 2 atom stereocenters. The number of halogens is 1. The zero-order valence-electron chi connectivity index (χ0n) is 14.7. The third-order valence-corrected chi connectivity index (χ3v) is 6.57. The minimum Gasteiger partial charge on any atom is -0.381 e. The van der Waals surface area contributed by atoms with Gasteiger partial charge in [-0.2, -0.15) is 0 Å². The molecule has 1 amide bonds. The van der Waals surface area contributed by atoms with E-state index < -0.39 is 0 Å². The van der Waals surface area contributed by atoms with Crippen LogP contribution in [0.1, 0.15) is 36.3 Å². The summed E-state index contributed by atoms with van der Waals surface area (Å²) in [4.78, 5) is 15.6. The van der Waals surface area contributed by atoms with E-state index in [1.165, 1.54) is 11.1 Å². The first-order valence-electron chi connectivity index (χ1n) is 9.45. The Labute approximate surface area is 158 Å². The van der Waals surface area contributed by atoms with Gasteiger partial charge in [0.15, 0.2) is 0 Å². The van der Waals surface area contributed by atoms with E-state index in [-0.39, 0.29) is 17.2 Å². The number of carbonyl (C=O) groups is 1. The Morgan fingerprint density at radius 1 is 1.08 bits per heavy atom. The fourth-order valence-electron chi connectivity index (χ4n) is 4.81. The van der Waals surface area contributed by atoms with Crippen molar-refractivity contribution < 1.29 is 9.53 Å². The lowest BCUT2D eigenvalue weighted by molar-refractivity contribution is -0.120. The molecule has 1 unspecified atom stereocenters. The molecule has 3 aliphatic rings. The van der Waals surface area contributed by atoms with Crippen LogP contribution in [0.4, 0.5) is 5.69 Å². The third kappa shape index (κ3) is 2.41. The molecule has 2 aliphatic heterocycles. The standard InChI is InChI=1S/C22H22ClNO2/c23-17-7-5-16(6-8-17)19-13-22(19)18-3-1-2-4-20(18)24(21(22)25)14-15-9-11-26-12-10-15/h1-8,15,19H,9-14H2/t19?,22-/m1/s1. The number of benzene rings is 2. The zero-order valence-corrected chi connectivity index (χ0v) is 15.4. The van der Waals surface area contributed by atoms with Crippen LogP contribution < -0.4 is 4.90 Å². The molecular weight excluding hydrogens is 346 g/mol. The molecule has 1 spiro atoms. The van der Waals surface area contributed by atoms with Crippen LogP contribution in [0, 0.1) is 5.92 Å². The minimum absolute atomic E-state index is 0.258. The van der Waals surface area contributed by atoms with Crippen LogP contribution in [0.3, 0.4) is 0 Å². The summed E-state index contributed by atoms with van der Waals surface area (Å²) in [6.45, 7) is 2.44. The highest BCUT2D eigenvalue weighted by Gasteiger charge is 2.67. The number of rotatable bonds is 3. The summed E-state index contributed by atoms with van der Waals surface area (Å²) >= 11 is 6.04. The van der Waals surface area contributed by atoms with Crippen LogP contribution in [0.2, 0.25) is 5.02 Å². The van der Waals surface area contributed by atoms with Crippen molar-refractivity contribution >= 4 is 23.2 Å². The van der Waals surface area contributed by atoms with Crippen molar-refractivity contribution in [3.63, 3.8) is 0 Å². The maximum atomic E-state index is 13.5. The smallest absolute Gasteiger partial charge is 0.238 e. The second kappa shape index (κ2) is 6.11. The fourth-order valence-corrected chi connectivity index (χ4v) is 4.94. The van der Waals surface area contributed by atoms with Crippen molar-refractivity contribution in [2.75, 3.05) is 24.7 Å². The van der Waals surface area contributed by atoms with E-state index in [0.717, 1.165) is 49.7 Å². The Morgan fingerprint density at radius 3 is 2.58 bits per heavy atom. The maximum absolute atomic E-state index is 13.5. The molecule has 3 nitrogen and oxygen atoms in total. The molecule has 0 radical (unpaired) electrons. The van der Waals surface area contributed by atoms with Gasteiger partial charge in [-0.05, 0) is 54.5 Å². The van der Waals surface area contributed by atoms with Gasteiger partial charge in [0.25, 0.3) is 0 Å². The van der Waals surface area contributed by atoms with Crippen LogP contribution in [0.15, 0.2) is 48.5 Å². The summed E-state index contributed by atoms with van der Waals surface area (Å²) in [7, 11) is 0. The Morgan fingerprint density at radius 2 is 1.81 bits per heavy atom. The molecule has 0 aromatic heterocycles. The van der Waals surface area contributed by atoms with Crippen molar-refractivity contribution in [3.8, 4) is 0 Å². The summed E-state index contributed by atoms with van der Waals surface area (Å²) in [5.41, 5.74) is 3.17. The van der Waals surface area contributed by atoms with Gasteiger partial charge in [0, 0.05) is 36.4 Å². The molecule has 134 valence electrons. The van der Waals surface area contributed by atoms with Gasteiger partial charge in [-0.25, -0.2) is 0 Å². The first kappa shape index (κ1) is 16.3. The van der Waals surface area contributed by atoms with Crippen LogP contribution >= 0.6 is 11.6 Å². The van der Waals surface area contributed by atoms with Gasteiger partial charge in [-0.3, -0.25) is 4.79 Å². The average molecular weight is 368 g/mol. The number of carbonyl (C=O) groups excluding carboxylic acids is 1. The lowest BCUT2D eigenvalue weighted by Gasteiger charge is -2.27. The summed E-state index contributed by atoms with van der Waals surface area (Å²) in [6, 6.07) is 16.3. The van der Waals surface area contributed by atoms with Gasteiger partial charge in [0.05, 0.1) is 5.41 Å². The van der Waals surface area contributed by atoms with E-state index in [1.54, 1.807) is 0 Å². The molecule has 0 N–H and O–H groups in total. The molecule has 2 aromatic carbocycles. The number of fused-ring (bicyclic) bond motifs is 2. The lowest BCUT2D eigenvalue weighted by atomic mass is 9.92. The molecule has 1 aliphatic carbocycles. The van der Waals surface area contributed by atoms with Gasteiger partial charge >= 0.3 is 0 Å².